The molecule has 1 saturated heterocycles. The van der Waals surface area contributed by atoms with Crippen molar-refractivity contribution in [3.8, 4) is 10.4 Å². The summed E-state index contributed by atoms with van der Waals surface area (Å²) in [4.78, 5) is 32.2. The Balaban J connectivity index is 1.72. The van der Waals surface area contributed by atoms with Gasteiger partial charge in [0.15, 0.2) is 0 Å². The zero-order valence-corrected chi connectivity index (χ0v) is 17.2. The molecule has 0 unspecified atom stereocenters. The van der Waals surface area contributed by atoms with Crippen LogP contribution in [0.2, 0.25) is 0 Å². The summed E-state index contributed by atoms with van der Waals surface area (Å²) in [7, 11) is 0. The number of amides is 2. The first-order valence-corrected chi connectivity index (χ1v) is 10.3. The van der Waals surface area contributed by atoms with E-state index in [1.807, 2.05) is 37.3 Å². The van der Waals surface area contributed by atoms with Crippen LogP contribution in [0, 0.1) is 12.9 Å². The van der Waals surface area contributed by atoms with Crippen LogP contribution in [0.3, 0.4) is 0 Å². The van der Waals surface area contributed by atoms with Gasteiger partial charge < -0.3 is 15.0 Å². The molecule has 1 aromatic carbocycles. The van der Waals surface area contributed by atoms with Gasteiger partial charge >= 0.3 is 0 Å². The number of aromatic nitrogens is 1. The van der Waals surface area contributed by atoms with E-state index in [1.165, 1.54) is 23.6 Å². The van der Waals surface area contributed by atoms with E-state index in [0.29, 0.717) is 36.9 Å². The maximum absolute atomic E-state index is 13.3. The highest BCUT2D eigenvalue weighted by Crippen LogP contribution is 2.40. The van der Waals surface area contributed by atoms with Gasteiger partial charge in [-0.25, -0.2) is 4.98 Å². The summed E-state index contributed by atoms with van der Waals surface area (Å²) in [5, 5.41) is 3.31. The number of benzene rings is 1. The van der Waals surface area contributed by atoms with Crippen LogP contribution < -0.4 is 5.32 Å². The number of ether oxygens (including phenoxy) is 1. The predicted octanol–water partition coefficient (Wildman–Crippen LogP) is 3.98. The molecular weight excluding hydrogens is 405 g/mol. The molecule has 2 aromatic heterocycles. The Morgan fingerprint density at radius 2 is 1.87 bits per heavy atom. The van der Waals surface area contributed by atoms with Crippen LogP contribution >= 0.6 is 11.3 Å². The fraction of sp³-hybridized carbons (Fsp3) is 0.227. The van der Waals surface area contributed by atoms with Crippen molar-refractivity contribution in [1.82, 2.24) is 9.88 Å². The Morgan fingerprint density at radius 3 is 2.53 bits per heavy atom. The molecule has 8 heteroatoms. The van der Waals surface area contributed by atoms with Crippen LogP contribution in [0.15, 0.2) is 48.7 Å². The summed E-state index contributed by atoms with van der Waals surface area (Å²) >= 11 is 1.35. The molecule has 0 radical (unpaired) electrons. The summed E-state index contributed by atoms with van der Waals surface area (Å²) in [5.41, 5.74) is 2.48. The molecule has 154 valence electrons. The first kappa shape index (κ1) is 20.2. The number of hydrogen-bond acceptors (Lipinski definition) is 5. The fourth-order valence-electron chi connectivity index (χ4n) is 3.33. The molecule has 1 N–H and O–H groups in total. The third-order valence-corrected chi connectivity index (χ3v) is 6.17. The number of morpholine rings is 1. The lowest BCUT2D eigenvalue weighted by molar-refractivity contribution is 0.0303. The van der Waals surface area contributed by atoms with Crippen molar-refractivity contribution >= 4 is 28.2 Å². The zero-order valence-electron chi connectivity index (χ0n) is 16.4. The van der Waals surface area contributed by atoms with Crippen LogP contribution in [0.1, 0.15) is 26.3 Å². The summed E-state index contributed by atoms with van der Waals surface area (Å²) in [5.74, 6) is -1.24. The number of nitrogens with one attached hydrogen (secondary N) is 1. The Bertz CT molecular complexity index is 1060. The van der Waals surface area contributed by atoms with Crippen LogP contribution in [0.25, 0.3) is 10.4 Å². The summed E-state index contributed by atoms with van der Waals surface area (Å²) < 4.78 is 18.4. The first-order chi connectivity index (χ1) is 14.5. The van der Waals surface area contributed by atoms with Gasteiger partial charge in [-0.3, -0.25) is 9.59 Å². The molecule has 2 amide bonds. The topological polar surface area (TPSA) is 71.5 Å². The molecule has 0 aliphatic carbocycles. The van der Waals surface area contributed by atoms with Crippen molar-refractivity contribution < 1.29 is 18.7 Å². The molecule has 30 heavy (non-hydrogen) atoms. The second kappa shape index (κ2) is 8.73. The third-order valence-electron chi connectivity index (χ3n) is 4.91. The highest BCUT2D eigenvalue weighted by molar-refractivity contribution is 7.20. The van der Waals surface area contributed by atoms with Crippen LogP contribution in [-0.4, -0.2) is 48.0 Å². The van der Waals surface area contributed by atoms with Gasteiger partial charge in [-0.1, -0.05) is 30.3 Å². The molecule has 1 aliphatic heterocycles. The Hall–Kier alpha value is -3.10. The summed E-state index contributed by atoms with van der Waals surface area (Å²) in [6.07, 6.45) is 1.17. The van der Waals surface area contributed by atoms with Gasteiger partial charge in [0.2, 0.25) is 5.95 Å². The zero-order chi connectivity index (χ0) is 21.1. The quantitative estimate of drug-likeness (QED) is 0.642. The SMILES string of the molecule is Cc1c(-c2ccccc2)sc(NC(=O)c2ccc(F)nc2)c1C(=O)N1CCOCC1. The van der Waals surface area contributed by atoms with Crippen molar-refractivity contribution in [2.45, 2.75) is 6.92 Å². The number of carbonyl (C=O) groups excluding carboxylic acids is 2. The Morgan fingerprint density at radius 1 is 1.13 bits per heavy atom. The molecule has 1 fully saturated rings. The number of nitrogens with zero attached hydrogens (tertiary/aromatic N) is 2. The van der Waals surface area contributed by atoms with E-state index >= 15 is 0 Å². The molecular formula is C22H20FN3O3S. The van der Waals surface area contributed by atoms with Crippen molar-refractivity contribution in [3.05, 3.63) is 71.3 Å². The number of hydrogen-bond donors (Lipinski definition) is 1. The van der Waals surface area contributed by atoms with E-state index in [2.05, 4.69) is 10.3 Å². The van der Waals surface area contributed by atoms with E-state index in [9.17, 15) is 14.0 Å². The summed E-state index contributed by atoms with van der Waals surface area (Å²) in [6.45, 7) is 3.88. The van der Waals surface area contributed by atoms with Gasteiger partial charge in [-0.05, 0) is 30.2 Å². The molecule has 3 aromatic rings. The third kappa shape index (κ3) is 4.10. The molecule has 4 rings (SSSR count). The van der Waals surface area contributed by atoms with Crippen LogP contribution in [-0.2, 0) is 4.74 Å². The molecule has 0 atom stereocenters. The molecule has 0 bridgehead atoms. The molecule has 1 aliphatic rings. The number of thiophene rings is 1. The number of carbonyl (C=O) groups is 2. The number of pyridine rings is 1. The van der Waals surface area contributed by atoms with Crippen molar-refractivity contribution in [2.24, 2.45) is 0 Å². The van der Waals surface area contributed by atoms with E-state index in [-0.39, 0.29) is 11.5 Å². The minimum absolute atomic E-state index is 0.137. The predicted molar refractivity (Wildman–Crippen MR) is 113 cm³/mol. The maximum Gasteiger partial charge on any atom is 0.257 e. The van der Waals surface area contributed by atoms with Gasteiger partial charge in [0, 0.05) is 24.2 Å². The second-order valence-corrected chi connectivity index (χ2v) is 7.88. The average Bonchev–Trinajstić information content (AvgIpc) is 3.10. The van der Waals surface area contributed by atoms with E-state index in [0.717, 1.165) is 22.1 Å². The molecule has 0 saturated carbocycles. The number of halogens is 1. The van der Waals surface area contributed by atoms with Crippen molar-refractivity contribution in [1.29, 1.82) is 0 Å². The largest absolute Gasteiger partial charge is 0.378 e. The van der Waals surface area contributed by atoms with E-state index in [1.54, 1.807) is 4.90 Å². The fourth-order valence-corrected chi connectivity index (χ4v) is 4.53. The number of rotatable bonds is 4. The lowest BCUT2D eigenvalue weighted by Gasteiger charge is -2.27. The first-order valence-electron chi connectivity index (χ1n) is 9.53. The lowest BCUT2D eigenvalue weighted by atomic mass is 10.1. The second-order valence-electron chi connectivity index (χ2n) is 6.85. The minimum Gasteiger partial charge on any atom is -0.378 e. The monoisotopic (exact) mass is 425 g/mol. The smallest absolute Gasteiger partial charge is 0.257 e. The molecule has 3 heterocycles. The van der Waals surface area contributed by atoms with Crippen LogP contribution in [0.4, 0.5) is 9.39 Å². The number of anilines is 1. The van der Waals surface area contributed by atoms with Gasteiger partial charge in [0.05, 0.1) is 24.3 Å². The lowest BCUT2D eigenvalue weighted by Crippen LogP contribution is -2.41. The molecule has 0 spiro atoms. The van der Waals surface area contributed by atoms with E-state index < -0.39 is 11.9 Å². The average molecular weight is 425 g/mol. The maximum atomic E-state index is 13.3. The van der Waals surface area contributed by atoms with Gasteiger partial charge in [-0.15, -0.1) is 11.3 Å². The highest BCUT2D eigenvalue weighted by atomic mass is 32.1. The van der Waals surface area contributed by atoms with Crippen molar-refractivity contribution in [3.63, 3.8) is 0 Å². The van der Waals surface area contributed by atoms with Crippen molar-refractivity contribution in [2.75, 3.05) is 31.6 Å². The standard InChI is InChI=1S/C22H20FN3O3S/c1-14-18(22(28)26-9-11-29-12-10-26)21(30-19(14)15-5-3-2-4-6-15)25-20(27)16-7-8-17(23)24-13-16/h2-8,13H,9-12H2,1H3,(H,25,27). The van der Waals surface area contributed by atoms with Gasteiger partial charge in [0.1, 0.15) is 5.00 Å². The Kier molecular flexibility index (Phi) is 5.87. The Labute approximate surface area is 177 Å². The summed E-state index contributed by atoms with van der Waals surface area (Å²) in [6, 6.07) is 12.2. The van der Waals surface area contributed by atoms with Gasteiger partial charge in [0.25, 0.3) is 11.8 Å². The molecule has 6 nitrogen and oxygen atoms in total. The van der Waals surface area contributed by atoms with Gasteiger partial charge in [-0.2, -0.15) is 4.39 Å². The highest BCUT2D eigenvalue weighted by Gasteiger charge is 2.28. The van der Waals surface area contributed by atoms with E-state index in [4.69, 9.17) is 4.74 Å². The normalized spacial score (nSPS) is 13.9. The van der Waals surface area contributed by atoms with Crippen LogP contribution in [0.5, 0.6) is 0 Å². The minimum atomic E-state index is -0.659.